The van der Waals surface area contributed by atoms with Gasteiger partial charge in [0.2, 0.25) is 5.91 Å². The number of aromatic nitrogens is 3. The molecule has 2 heterocycles. The van der Waals surface area contributed by atoms with Crippen molar-refractivity contribution in [3.05, 3.63) is 47.3 Å². The Morgan fingerprint density at radius 2 is 2.00 bits per heavy atom. The van der Waals surface area contributed by atoms with E-state index in [1.807, 2.05) is 19.1 Å². The zero-order chi connectivity index (χ0) is 16.1. The number of hydrogen-bond acceptors (Lipinski definition) is 5. The van der Waals surface area contributed by atoms with Gasteiger partial charge in [0, 0.05) is 28.7 Å². The highest BCUT2D eigenvalue weighted by Gasteiger charge is 2.15. The molecule has 0 bridgehead atoms. The number of carbonyl (C=O) groups excluding carboxylic acids is 1. The molecule has 5 nitrogen and oxygen atoms in total. The molecule has 3 rings (SSSR count). The molecule has 1 aliphatic rings. The van der Waals surface area contributed by atoms with Crippen molar-refractivity contribution in [2.45, 2.75) is 44.0 Å². The number of nitrogens with zero attached hydrogens (tertiary/aromatic N) is 3. The number of hydrogen-bond donors (Lipinski definition) is 1. The van der Waals surface area contributed by atoms with E-state index in [0.717, 1.165) is 23.4 Å². The zero-order valence-electron chi connectivity index (χ0n) is 13.2. The van der Waals surface area contributed by atoms with E-state index in [0.29, 0.717) is 18.1 Å². The molecule has 2 aromatic heterocycles. The van der Waals surface area contributed by atoms with E-state index in [4.69, 9.17) is 0 Å². The number of pyridine rings is 1. The molecule has 120 valence electrons. The van der Waals surface area contributed by atoms with E-state index in [1.165, 1.54) is 35.9 Å². The van der Waals surface area contributed by atoms with E-state index in [2.05, 4.69) is 20.3 Å². The summed E-state index contributed by atoms with van der Waals surface area (Å²) in [4.78, 5) is 26.1. The minimum Gasteiger partial charge on any atom is -0.348 e. The second kappa shape index (κ2) is 7.55. The van der Waals surface area contributed by atoms with Gasteiger partial charge in [-0.25, -0.2) is 9.97 Å². The highest BCUT2D eigenvalue weighted by atomic mass is 32.2. The molecule has 23 heavy (non-hydrogen) atoms. The van der Waals surface area contributed by atoms with Gasteiger partial charge in [-0.3, -0.25) is 9.78 Å². The summed E-state index contributed by atoms with van der Waals surface area (Å²) in [6, 6.07) is 3.79. The molecule has 0 aliphatic heterocycles. The van der Waals surface area contributed by atoms with Crippen LogP contribution in [0.3, 0.4) is 0 Å². The summed E-state index contributed by atoms with van der Waals surface area (Å²) in [5.41, 5.74) is 3.53. The van der Waals surface area contributed by atoms with Gasteiger partial charge < -0.3 is 5.32 Å². The standard InChI is InChI=1S/C17H20N4OS/c1-12-14-4-2-3-5-15(14)21-16(20-12)10-19-17(22)11-23-13-6-8-18-9-7-13/h6-9H,2-5,10-11H2,1H3,(H,19,22). The van der Waals surface area contributed by atoms with E-state index in [9.17, 15) is 4.79 Å². The largest absolute Gasteiger partial charge is 0.348 e. The maximum absolute atomic E-state index is 12.0. The van der Waals surface area contributed by atoms with Crippen LogP contribution in [-0.4, -0.2) is 26.6 Å². The van der Waals surface area contributed by atoms with Crippen molar-refractivity contribution in [2.24, 2.45) is 0 Å². The first-order valence-electron chi connectivity index (χ1n) is 7.87. The van der Waals surface area contributed by atoms with Gasteiger partial charge in [-0.15, -0.1) is 11.8 Å². The number of rotatable bonds is 5. The average molecular weight is 328 g/mol. The van der Waals surface area contributed by atoms with Crippen molar-refractivity contribution in [3.63, 3.8) is 0 Å². The topological polar surface area (TPSA) is 67.8 Å². The molecule has 0 saturated carbocycles. The van der Waals surface area contributed by atoms with Crippen molar-refractivity contribution in [2.75, 3.05) is 5.75 Å². The SMILES string of the molecule is Cc1nc(CNC(=O)CSc2ccncc2)nc2c1CCCC2. The monoisotopic (exact) mass is 328 g/mol. The maximum atomic E-state index is 12.0. The van der Waals surface area contributed by atoms with Gasteiger partial charge in [0.05, 0.1) is 12.3 Å². The third kappa shape index (κ3) is 4.28. The molecular weight excluding hydrogens is 308 g/mol. The van der Waals surface area contributed by atoms with Crippen LogP contribution in [0.5, 0.6) is 0 Å². The van der Waals surface area contributed by atoms with Gasteiger partial charge in [-0.05, 0) is 50.3 Å². The third-order valence-corrected chi connectivity index (χ3v) is 4.91. The van der Waals surface area contributed by atoms with Crippen LogP contribution in [0.4, 0.5) is 0 Å². The minimum atomic E-state index is -0.00853. The van der Waals surface area contributed by atoms with Gasteiger partial charge in [-0.2, -0.15) is 0 Å². The van der Waals surface area contributed by atoms with Crippen LogP contribution >= 0.6 is 11.8 Å². The Kier molecular flexibility index (Phi) is 5.23. The van der Waals surface area contributed by atoms with Gasteiger partial charge in [0.25, 0.3) is 0 Å². The van der Waals surface area contributed by atoms with E-state index < -0.39 is 0 Å². The van der Waals surface area contributed by atoms with Crippen LogP contribution in [0.1, 0.15) is 35.6 Å². The maximum Gasteiger partial charge on any atom is 0.230 e. The predicted octanol–water partition coefficient (Wildman–Crippen LogP) is 2.47. The first kappa shape index (κ1) is 15.9. The Morgan fingerprint density at radius 1 is 1.22 bits per heavy atom. The summed E-state index contributed by atoms with van der Waals surface area (Å²) >= 11 is 1.50. The Bertz CT molecular complexity index is 690. The fourth-order valence-corrected chi connectivity index (χ4v) is 3.45. The number of thioether (sulfide) groups is 1. The first-order chi connectivity index (χ1) is 11.2. The lowest BCUT2D eigenvalue weighted by molar-refractivity contribution is -0.118. The zero-order valence-corrected chi connectivity index (χ0v) is 14.0. The molecule has 1 aliphatic carbocycles. The lowest BCUT2D eigenvalue weighted by atomic mass is 9.95. The van der Waals surface area contributed by atoms with Gasteiger partial charge in [0.15, 0.2) is 0 Å². The summed E-state index contributed by atoms with van der Waals surface area (Å²) in [6.07, 6.45) is 7.97. The Balaban J connectivity index is 1.54. The fourth-order valence-electron chi connectivity index (χ4n) is 2.74. The van der Waals surface area contributed by atoms with Crippen LogP contribution in [0, 0.1) is 6.92 Å². The second-order valence-electron chi connectivity index (χ2n) is 5.61. The molecule has 0 atom stereocenters. The summed E-state index contributed by atoms with van der Waals surface area (Å²) in [5.74, 6) is 1.09. The van der Waals surface area contributed by atoms with Crippen molar-refractivity contribution < 1.29 is 4.79 Å². The fraction of sp³-hybridized carbons (Fsp3) is 0.412. The van der Waals surface area contributed by atoms with Crippen LogP contribution < -0.4 is 5.32 Å². The molecule has 0 unspecified atom stereocenters. The molecule has 0 aromatic carbocycles. The minimum absolute atomic E-state index is 0.00853. The predicted molar refractivity (Wildman–Crippen MR) is 90.2 cm³/mol. The molecule has 1 amide bonds. The molecular formula is C17H20N4OS. The third-order valence-electron chi connectivity index (χ3n) is 3.90. The quantitative estimate of drug-likeness (QED) is 0.854. The smallest absolute Gasteiger partial charge is 0.230 e. The van der Waals surface area contributed by atoms with Crippen molar-refractivity contribution >= 4 is 17.7 Å². The van der Waals surface area contributed by atoms with Gasteiger partial charge in [-0.1, -0.05) is 0 Å². The molecule has 0 saturated heterocycles. The number of carbonyl (C=O) groups is 1. The van der Waals surface area contributed by atoms with E-state index in [1.54, 1.807) is 12.4 Å². The van der Waals surface area contributed by atoms with E-state index >= 15 is 0 Å². The van der Waals surface area contributed by atoms with Crippen molar-refractivity contribution in [3.8, 4) is 0 Å². The summed E-state index contributed by atoms with van der Waals surface area (Å²) < 4.78 is 0. The number of nitrogens with one attached hydrogen (secondary N) is 1. The number of fused-ring (bicyclic) bond motifs is 1. The molecule has 0 fully saturated rings. The highest BCUT2D eigenvalue weighted by Crippen LogP contribution is 2.21. The average Bonchev–Trinajstić information content (AvgIpc) is 2.59. The molecule has 6 heteroatoms. The van der Waals surface area contributed by atoms with Crippen molar-refractivity contribution in [1.82, 2.24) is 20.3 Å². The van der Waals surface area contributed by atoms with Crippen LogP contribution in [-0.2, 0) is 24.2 Å². The van der Waals surface area contributed by atoms with Crippen LogP contribution in [0.2, 0.25) is 0 Å². The molecule has 0 spiro atoms. The van der Waals surface area contributed by atoms with Crippen LogP contribution in [0.15, 0.2) is 29.4 Å². The van der Waals surface area contributed by atoms with Gasteiger partial charge in [0.1, 0.15) is 5.82 Å². The lowest BCUT2D eigenvalue weighted by Gasteiger charge is -2.17. The Labute approximate surface area is 140 Å². The summed E-state index contributed by atoms with van der Waals surface area (Å²) in [6.45, 7) is 2.43. The Hall–Kier alpha value is -1.95. The Morgan fingerprint density at radius 3 is 2.83 bits per heavy atom. The molecule has 1 N–H and O–H groups in total. The molecule has 2 aromatic rings. The number of amides is 1. The van der Waals surface area contributed by atoms with Crippen molar-refractivity contribution in [1.29, 1.82) is 0 Å². The number of aryl methyl sites for hydroxylation is 2. The molecule has 0 radical (unpaired) electrons. The van der Waals surface area contributed by atoms with Crippen LogP contribution in [0.25, 0.3) is 0 Å². The first-order valence-corrected chi connectivity index (χ1v) is 8.86. The highest BCUT2D eigenvalue weighted by molar-refractivity contribution is 8.00. The normalized spacial score (nSPS) is 13.4. The van der Waals surface area contributed by atoms with Gasteiger partial charge >= 0.3 is 0 Å². The summed E-state index contributed by atoms with van der Waals surface area (Å²) in [5, 5.41) is 2.90. The lowest BCUT2D eigenvalue weighted by Crippen LogP contribution is -2.26. The summed E-state index contributed by atoms with van der Waals surface area (Å²) in [7, 11) is 0. The second-order valence-corrected chi connectivity index (χ2v) is 6.65. The van der Waals surface area contributed by atoms with E-state index in [-0.39, 0.29) is 5.91 Å².